The smallest absolute Gasteiger partial charge is 0.254 e. The number of fused-ring (bicyclic) bond motifs is 1. The number of halogens is 2. The molecule has 2 aromatic carbocycles. The number of hydrogen-bond acceptors (Lipinski definition) is 3. The van der Waals surface area contributed by atoms with E-state index in [1.807, 2.05) is 52.9 Å². The summed E-state index contributed by atoms with van der Waals surface area (Å²) >= 11 is 12.5. The quantitative estimate of drug-likeness (QED) is 0.542. The zero-order valence-electron chi connectivity index (χ0n) is 17.1. The summed E-state index contributed by atoms with van der Waals surface area (Å²) < 4.78 is 1.84. The summed E-state index contributed by atoms with van der Waals surface area (Å²) in [4.78, 5) is 16.0. The Morgan fingerprint density at radius 1 is 1.06 bits per heavy atom. The lowest BCUT2D eigenvalue weighted by molar-refractivity contribution is -0.128. The van der Waals surface area contributed by atoms with E-state index in [-0.39, 0.29) is 18.0 Å². The van der Waals surface area contributed by atoms with E-state index in [1.54, 1.807) is 12.3 Å². The highest BCUT2D eigenvalue weighted by atomic mass is 35.5. The van der Waals surface area contributed by atoms with Gasteiger partial charge in [-0.3, -0.25) is 4.79 Å². The molecule has 2 atom stereocenters. The van der Waals surface area contributed by atoms with Crippen molar-refractivity contribution in [1.29, 1.82) is 0 Å². The zero-order valence-corrected chi connectivity index (χ0v) is 18.6. The van der Waals surface area contributed by atoms with E-state index in [2.05, 4.69) is 22.5 Å². The standard InChI is InChI=1S/C24H22Cl2N4O/c1-15-22(24(31)29-13-5-8-20(29)16-6-3-2-4-7-16)23(30-21(28-15)11-12-27-30)17-9-10-18(25)19(26)14-17/h2-4,6-7,9-12,14,20,23,28H,5,8,13H2,1H3. The fourth-order valence-corrected chi connectivity index (χ4v) is 4.97. The highest BCUT2D eigenvalue weighted by Crippen LogP contribution is 2.41. The van der Waals surface area contributed by atoms with Gasteiger partial charge in [-0.15, -0.1) is 0 Å². The van der Waals surface area contributed by atoms with E-state index in [4.69, 9.17) is 23.2 Å². The first-order valence-electron chi connectivity index (χ1n) is 10.4. The number of benzene rings is 2. The number of aromatic nitrogens is 2. The Labute approximate surface area is 191 Å². The molecule has 5 rings (SSSR count). The monoisotopic (exact) mass is 452 g/mol. The van der Waals surface area contributed by atoms with Gasteiger partial charge in [-0.05, 0) is 43.0 Å². The van der Waals surface area contributed by atoms with E-state index in [0.29, 0.717) is 15.6 Å². The molecule has 0 bridgehead atoms. The third kappa shape index (κ3) is 3.52. The predicted octanol–water partition coefficient (Wildman–Crippen LogP) is 5.84. The Kier molecular flexibility index (Phi) is 5.24. The number of anilines is 1. The second kappa shape index (κ2) is 8.06. The molecule has 2 aliphatic rings. The van der Waals surface area contributed by atoms with Gasteiger partial charge in [-0.25, -0.2) is 4.68 Å². The minimum atomic E-state index is -0.384. The van der Waals surface area contributed by atoms with E-state index < -0.39 is 0 Å². The lowest BCUT2D eigenvalue weighted by Crippen LogP contribution is -2.38. The normalized spacial score (nSPS) is 20.5. The van der Waals surface area contributed by atoms with Crippen LogP contribution in [0.15, 0.2) is 72.1 Å². The maximum Gasteiger partial charge on any atom is 0.254 e. The second-order valence-electron chi connectivity index (χ2n) is 7.97. The van der Waals surface area contributed by atoms with Gasteiger partial charge in [0.2, 0.25) is 0 Å². The van der Waals surface area contributed by atoms with Gasteiger partial charge < -0.3 is 10.2 Å². The Bertz CT molecular complexity index is 1170. The van der Waals surface area contributed by atoms with Crippen molar-refractivity contribution in [2.45, 2.75) is 31.8 Å². The zero-order chi connectivity index (χ0) is 21.5. The average Bonchev–Trinajstić information content (AvgIpc) is 3.44. The van der Waals surface area contributed by atoms with Crippen molar-refractivity contribution in [2.75, 3.05) is 11.9 Å². The molecule has 3 heterocycles. The summed E-state index contributed by atoms with van der Waals surface area (Å²) in [6.45, 7) is 2.68. The second-order valence-corrected chi connectivity index (χ2v) is 8.78. The minimum Gasteiger partial charge on any atom is -0.344 e. The van der Waals surface area contributed by atoms with Gasteiger partial charge >= 0.3 is 0 Å². The minimum absolute atomic E-state index is 0.0218. The first kappa shape index (κ1) is 20.2. The Morgan fingerprint density at radius 2 is 1.87 bits per heavy atom. The number of hydrogen-bond donors (Lipinski definition) is 1. The van der Waals surface area contributed by atoms with Gasteiger partial charge in [0.05, 0.1) is 27.9 Å². The number of likely N-dealkylation sites (tertiary alicyclic amines) is 1. The van der Waals surface area contributed by atoms with E-state index in [0.717, 1.165) is 36.5 Å². The molecule has 0 radical (unpaired) electrons. The molecule has 0 saturated carbocycles. The van der Waals surface area contributed by atoms with Crippen molar-refractivity contribution in [2.24, 2.45) is 0 Å². The summed E-state index contributed by atoms with van der Waals surface area (Å²) in [6, 6.07) is 17.3. The van der Waals surface area contributed by atoms with Gasteiger partial charge in [0.15, 0.2) is 0 Å². The summed E-state index contributed by atoms with van der Waals surface area (Å²) in [7, 11) is 0. The van der Waals surface area contributed by atoms with Crippen LogP contribution in [0.3, 0.4) is 0 Å². The number of rotatable bonds is 3. The molecule has 0 aliphatic carbocycles. The average molecular weight is 453 g/mol. The van der Waals surface area contributed by atoms with Crippen LogP contribution in [0.5, 0.6) is 0 Å². The molecule has 1 N–H and O–H groups in total. The fraction of sp³-hybridized carbons (Fsp3) is 0.250. The number of carbonyl (C=O) groups is 1. The van der Waals surface area contributed by atoms with Gasteiger partial charge in [0, 0.05) is 18.3 Å². The molecule has 31 heavy (non-hydrogen) atoms. The summed E-state index contributed by atoms with van der Waals surface area (Å²) in [5.74, 6) is 0.861. The van der Waals surface area contributed by atoms with Crippen molar-refractivity contribution in [3.63, 3.8) is 0 Å². The van der Waals surface area contributed by atoms with Crippen LogP contribution in [-0.2, 0) is 4.79 Å². The Balaban J connectivity index is 1.58. The molecule has 1 fully saturated rings. The topological polar surface area (TPSA) is 50.2 Å². The highest BCUT2D eigenvalue weighted by Gasteiger charge is 2.39. The van der Waals surface area contributed by atoms with Crippen LogP contribution in [0.25, 0.3) is 0 Å². The summed E-state index contributed by atoms with van der Waals surface area (Å²) in [5.41, 5.74) is 3.55. The Morgan fingerprint density at radius 3 is 2.65 bits per heavy atom. The SMILES string of the molecule is CC1=C(C(=O)N2CCCC2c2ccccc2)C(c2ccc(Cl)c(Cl)c2)n2nccc2N1. The highest BCUT2D eigenvalue weighted by molar-refractivity contribution is 6.42. The van der Waals surface area contributed by atoms with Crippen LogP contribution < -0.4 is 5.32 Å². The van der Waals surface area contributed by atoms with E-state index >= 15 is 0 Å². The van der Waals surface area contributed by atoms with Crippen molar-refractivity contribution >= 4 is 34.9 Å². The van der Waals surface area contributed by atoms with E-state index in [1.165, 1.54) is 5.56 Å². The van der Waals surface area contributed by atoms with Gasteiger partial charge in [0.25, 0.3) is 5.91 Å². The molecule has 2 aliphatic heterocycles. The molecule has 5 nitrogen and oxygen atoms in total. The van der Waals surface area contributed by atoms with Crippen molar-refractivity contribution < 1.29 is 4.79 Å². The molecular weight excluding hydrogens is 431 g/mol. The van der Waals surface area contributed by atoms with E-state index in [9.17, 15) is 4.79 Å². The molecule has 3 aromatic rings. The Hall–Kier alpha value is -2.76. The van der Waals surface area contributed by atoms with Gasteiger partial charge in [-0.2, -0.15) is 5.10 Å². The first-order valence-corrected chi connectivity index (χ1v) is 11.1. The van der Waals surface area contributed by atoms with Crippen LogP contribution in [0, 0.1) is 0 Å². The lowest BCUT2D eigenvalue weighted by atomic mass is 9.93. The third-order valence-corrected chi connectivity index (χ3v) is 6.83. The number of carbonyl (C=O) groups excluding carboxylic acids is 1. The maximum absolute atomic E-state index is 14.0. The maximum atomic E-state index is 14.0. The number of allylic oxidation sites excluding steroid dienone is 1. The van der Waals surface area contributed by atoms with Crippen LogP contribution in [0.4, 0.5) is 5.82 Å². The number of nitrogens with one attached hydrogen (secondary N) is 1. The van der Waals surface area contributed by atoms with Crippen molar-refractivity contribution in [3.05, 3.63) is 93.2 Å². The molecule has 1 amide bonds. The van der Waals surface area contributed by atoms with Gasteiger partial charge in [-0.1, -0.05) is 59.6 Å². The molecule has 2 unspecified atom stereocenters. The van der Waals surface area contributed by atoms with Gasteiger partial charge in [0.1, 0.15) is 11.9 Å². The number of nitrogens with zero attached hydrogens (tertiary/aromatic N) is 3. The van der Waals surface area contributed by atoms with Crippen LogP contribution >= 0.6 is 23.2 Å². The number of amides is 1. The lowest BCUT2D eigenvalue weighted by Gasteiger charge is -2.34. The van der Waals surface area contributed by atoms with Crippen molar-refractivity contribution in [1.82, 2.24) is 14.7 Å². The first-order chi connectivity index (χ1) is 15.0. The van der Waals surface area contributed by atoms with Crippen LogP contribution in [0.2, 0.25) is 10.0 Å². The van der Waals surface area contributed by atoms with Crippen molar-refractivity contribution in [3.8, 4) is 0 Å². The summed E-state index contributed by atoms with van der Waals surface area (Å²) in [6.07, 6.45) is 3.67. The molecule has 158 valence electrons. The van der Waals surface area contributed by atoms with Crippen LogP contribution in [0.1, 0.15) is 43.0 Å². The molecule has 7 heteroatoms. The largest absolute Gasteiger partial charge is 0.344 e. The molecular formula is C24H22Cl2N4O. The molecule has 0 spiro atoms. The molecule has 1 saturated heterocycles. The van der Waals surface area contributed by atoms with Crippen LogP contribution in [-0.4, -0.2) is 27.1 Å². The molecule has 1 aromatic heterocycles. The summed E-state index contributed by atoms with van der Waals surface area (Å²) in [5, 5.41) is 8.80. The fourth-order valence-electron chi connectivity index (χ4n) is 4.66. The predicted molar refractivity (Wildman–Crippen MR) is 123 cm³/mol. The third-order valence-electron chi connectivity index (χ3n) is 6.10.